The Bertz CT molecular complexity index is 892. The number of allylic oxidation sites excluding steroid dienone is 2. The molecule has 4 rings (SSSR count). The van der Waals surface area contributed by atoms with Crippen LogP contribution in [-0.4, -0.2) is 0 Å². The van der Waals surface area contributed by atoms with Crippen LogP contribution in [0.4, 0.5) is 0 Å². The molecule has 0 heteroatoms. The van der Waals surface area contributed by atoms with E-state index < -0.39 is 0 Å². The van der Waals surface area contributed by atoms with Crippen LogP contribution in [-0.2, 0) is 6.42 Å². The van der Waals surface area contributed by atoms with Crippen LogP contribution in [0.15, 0.2) is 66.2 Å². The summed E-state index contributed by atoms with van der Waals surface area (Å²) in [6, 6.07) is 22.1. The van der Waals surface area contributed by atoms with Gasteiger partial charge >= 0.3 is 0 Å². The van der Waals surface area contributed by atoms with E-state index in [4.69, 9.17) is 0 Å². The third-order valence-electron chi connectivity index (χ3n) is 4.86. The maximum atomic E-state index is 2.29. The van der Waals surface area contributed by atoms with Crippen LogP contribution >= 0.6 is 0 Å². The Kier molecular flexibility index (Phi) is 3.11. The zero-order chi connectivity index (χ0) is 15.1. The fourth-order valence-electron chi connectivity index (χ4n) is 3.87. The van der Waals surface area contributed by atoms with Crippen molar-refractivity contribution in [1.29, 1.82) is 0 Å². The van der Waals surface area contributed by atoms with Crippen LogP contribution < -0.4 is 0 Å². The molecule has 0 aromatic heterocycles. The molecule has 0 bridgehead atoms. The number of fused-ring (bicyclic) bond motifs is 2. The Morgan fingerprint density at radius 2 is 1.55 bits per heavy atom. The third-order valence-corrected chi connectivity index (χ3v) is 4.86. The average molecular weight is 284 g/mol. The van der Waals surface area contributed by atoms with Crippen molar-refractivity contribution in [1.82, 2.24) is 0 Å². The van der Waals surface area contributed by atoms with E-state index in [9.17, 15) is 0 Å². The number of rotatable bonds is 2. The van der Waals surface area contributed by atoms with Crippen molar-refractivity contribution in [2.45, 2.75) is 26.7 Å². The van der Waals surface area contributed by atoms with Gasteiger partial charge in [-0.05, 0) is 58.4 Å². The minimum absolute atomic E-state index is 1.11. The molecule has 0 fully saturated rings. The summed E-state index contributed by atoms with van der Waals surface area (Å²) in [5, 5.41) is 2.66. The quantitative estimate of drug-likeness (QED) is 0.522. The van der Waals surface area contributed by atoms with Gasteiger partial charge in [-0.1, -0.05) is 73.2 Å². The van der Waals surface area contributed by atoms with Gasteiger partial charge < -0.3 is 0 Å². The first-order chi connectivity index (χ1) is 10.8. The van der Waals surface area contributed by atoms with Crippen molar-refractivity contribution in [2.24, 2.45) is 0 Å². The first kappa shape index (κ1) is 13.3. The molecular weight excluding hydrogens is 264 g/mol. The maximum absolute atomic E-state index is 2.29. The second-order valence-electron chi connectivity index (χ2n) is 6.16. The zero-order valence-electron chi connectivity index (χ0n) is 13.2. The highest BCUT2D eigenvalue weighted by molar-refractivity contribution is 6.00. The number of hydrogen-bond acceptors (Lipinski definition) is 0. The fraction of sp³-hybridized carbons (Fsp3) is 0.182. The van der Waals surface area contributed by atoms with Crippen LogP contribution in [0.1, 0.15) is 31.4 Å². The van der Waals surface area contributed by atoms with Crippen molar-refractivity contribution in [2.75, 3.05) is 0 Å². The van der Waals surface area contributed by atoms with Gasteiger partial charge in [0.2, 0.25) is 0 Å². The molecule has 1 aliphatic carbocycles. The highest BCUT2D eigenvalue weighted by Gasteiger charge is 2.21. The van der Waals surface area contributed by atoms with Crippen molar-refractivity contribution >= 4 is 16.3 Å². The number of hydrogen-bond donors (Lipinski definition) is 0. The molecule has 0 heterocycles. The van der Waals surface area contributed by atoms with Crippen LogP contribution in [0, 0.1) is 0 Å². The first-order valence-electron chi connectivity index (χ1n) is 8.08. The molecule has 0 nitrogen and oxygen atoms in total. The lowest BCUT2D eigenvalue weighted by molar-refractivity contribution is 1.17. The Labute approximate surface area is 132 Å². The minimum atomic E-state index is 1.11. The molecule has 0 saturated heterocycles. The Hall–Kier alpha value is -2.34. The standard InChI is InChI=1S/C22H20/c1-3-18-15(2)14-17-10-7-13-21(22(17)18)20-12-6-9-16-8-4-5-11-19(16)20/h4-13H,3,14H2,1-2H3. The van der Waals surface area contributed by atoms with E-state index in [-0.39, 0.29) is 0 Å². The summed E-state index contributed by atoms with van der Waals surface area (Å²) in [5.41, 5.74) is 8.79. The smallest absolute Gasteiger partial charge is 0.00576 e. The summed E-state index contributed by atoms with van der Waals surface area (Å²) in [4.78, 5) is 0. The van der Waals surface area contributed by atoms with Gasteiger partial charge in [0.15, 0.2) is 0 Å². The molecule has 3 aromatic rings. The summed E-state index contributed by atoms with van der Waals surface area (Å²) < 4.78 is 0. The van der Waals surface area contributed by atoms with Gasteiger partial charge in [0.05, 0.1) is 0 Å². The molecule has 0 amide bonds. The molecule has 0 N–H and O–H groups in total. The van der Waals surface area contributed by atoms with Gasteiger partial charge in [0.25, 0.3) is 0 Å². The van der Waals surface area contributed by atoms with E-state index >= 15 is 0 Å². The SMILES string of the molecule is CCC1=C(C)Cc2cccc(-c3cccc4ccccc34)c21. The van der Waals surface area contributed by atoms with Gasteiger partial charge in [-0.15, -0.1) is 0 Å². The Morgan fingerprint density at radius 3 is 2.41 bits per heavy atom. The van der Waals surface area contributed by atoms with Crippen LogP contribution in [0.2, 0.25) is 0 Å². The van der Waals surface area contributed by atoms with Crippen molar-refractivity contribution < 1.29 is 0 Å². The summed E-state index contributed by atoms with van der Waals surface area (Å²) in [6.45, 7) is 4.56. The molecule has 3 aromatic carbocycles. The van der Waals surface area contributed by atoms with E-state index in [0.29, 0.717) is 0 Å². The lowest BCUT2D eigenvalue weighted by Crippen LogP contribution is -1.91. The van der Waals surface area contributed by atoms with Crippen molar-refractivity contribution in [3.05, 3.63) is 77.4 Å². The van der Waals surface area contributed by atoms with Gasteiger partial charge in [-0.3, -0.25) is 0 Å². The van der Waals surface area contributed by atoms with Crippen molar-refractivity contribution in [3.63, 3.8) is 0 Å². The minimum Gasteiger partial charge on any atom is -0.0651 e. The van der Waals surface area contributed by atoms with Crippen LogP contribution in [0.5, 0.6) is 0 Å². The molecule has 0 spiro atoms. The third kappa shape index (κ3) is 1.91. The van der Waals surface area contributed by atoms with Gasteiger partial charge in [0, 0.05) is 0 Å². The predicted molar refractivity (Wildman–Crippen MR) is 96.0 cm³/mol. The molecule has 1 aliphatic rings. The zero-order valence-corrected chi connectivity index (χ0v) is 13.2. The molecule has 108 valence electrons. The highest BCUT2D eigenvalue weighted by atomic mass is 14.3. The molecular formula is C22H20. The maximum Gasteiger partial charge on any atom is -0.00576 e. The Morgan fingerprint density at radius 1 is 0.818 bits per heavy atom. The average Bonchev–Trinajstić information content (AvgIpc) is 2.89. The molecule has 22 heavy (non-hydrogen) atoms. The lowest BCUT2D eigenvalue weighted by Gasteiger charge is -2.14. The van der Waals surface area contributed by atoms with Crippen molar-refractivity contribution in [3.8, 4) is 11.1 Å². The summed E-state index contributed by atoms with van der Waals surface area (Å²) >= 11 is 0. The molecule has 0 atom stereocenters. The monoisotopic (exact) mass is 284 g/mol. The fourth-order valence-corrected chi connectivity index (χ4v) is 3.87. The topological polar surface area (TPSA) is 0 Å². The second kappa shape index (κ2) is 5.14. The van der Waals surface area contributed by atoms with Gasteiger partial charge in [-0.2, -0.15) is 0 Å². The van der Waals surface area contributed by atoms with Crippen LogP contribution in [0.3, 0.4) is 0 Å². The normalized spacial score (nSPS) is 13.7. The highest BCUT2D eigenvalue weighted by Crippen LogP contribution is 2.42. The predicted octanol–water partition coefficient (Wildman–Crippen LogP) is 6.25. The van der Waals surface area contributed by atoms with E-state index in [1.165, 1.54) is 38.6 Å². The van der Waals surface area contributed by atoms with E-state index in [0.717, 1.165) is 12.8 Å². The summed E-state index contributed by atoms with van der Waals surface area (Å²) in [6.07, 6.45) is 2.22. The Balaban J connectivity index is 2.04. The summed E-state index contributed by atoms with van der Waals surface area (Å²) in [7, 11) is 0. The largest absolute Gasteiger partial charge is 0.0651 e. The molecule has 0 aliphatic heterocycles. The second-order valence-corrected chi connectivity index (χ2v) is 6.16. The van der Waals surface area contributed by atoms with Gasteiger partial charge in [-0.25, -0.2) is 0 Å². The molecule has 0 saturated carbocycles. The number of benzene rings is 3. The van der Waals surface area contributed by atoms with Crippen LogP contribution in [0.25, 0.3) is 27.5 Å². The van der Waals surface area contributed by atoms with E-state index in [1.807, 2.05) is 0 Å². The van der Waals surface area contributed by atoms with E-state index in [2.05, 4.69) is 74.5 Å². The summed E-state index contributed by atoms with van der Waals surface area (Å²) in [5.74, 6) is 0. The molecule has 0 unspecified atom stereocenters. The van der Waals surface area contributed by atoms with Gasteiger partial charge in [0.1, 0.15) is 0 Å². The lowest BCUT2D eigenvalue weighted by atomic mass is 9.90. The first-order valence-corrected chi connectivity index (χ1v) is 8.08. The van der Waals surface area contributed by atoms with E-state index in [1.54, 1.807) is 5.57 Å². The molecule has 0 radical (unpaired) electrons.